The summed E-state index contributed by atoms with van der Waals surface area (Å²) in [6.07, 6.45) is 1.11. The Morgan fingerprint density at radius 3 is 2.60 bits per heavy atom. The minimum Gasteiger partial charge on any atom is -0.506 e. The molecule has 0 bridgehead atoms. The summed E-state index contributed by atoms with van der Waals surface area (Å²) >= 11 is 0. The standard InChI is InChI=1S/C13H15N3O4/c1-6(2)13(3)12(20)15-10(16-13)9-8(11(18)19)4-7(17)5-14-9/h4-6,17H,1-3H3,(H,18,19)(H,15,16,20)/t13-/m1/s1. The number of aliphatic imine (C=N–C) groups is 1. The Bertz CT molecular complexity index is 624. The largest absolute Gasteiger partial charge is 0.506 e. The maximum Gasteiger partial charge on any atom is 0.338 e. The van der Waals surface area contributed by atoms with E-state index in [2.05, 4.69) is 15.3 Å². The van der Waals surface area contributed by atoms with Gasteiger partial charge in [-0.05, 0) is 18.9 Å². The van der Waals surface area contributed by atoms with Crippen LogP contribution in [-0.4, -0.2) is 38.4 Å². The fraction of sp³-hybridized carbons (Fsp3) is 0.385. The molecule has 1 aromatic rings. The number of hydrogen-bond donors (Lipinski definition) is 3. The van der Waals surface area contributed by atoms with Gasteiger partial charge in [-0.1, -0.05) is 13.8 Å². The van der Waals surface area contributed by atoms with Crippen LogP contribution < -0.4 is 5.32 Å². The van der Waals surface area contributed by atoms with Crippen LogP contribution >= 0.6 is 0 Å². The van der Waals surface area contributed by atoms with E-state index in [1.54, 1.807) is 6.92 Å². The highest BCUT2D eigenvalue weighted by atomic mass is 16.4. The minimum absolute atomic E-state index is 0.0352. The Hall–Kier alpha value is -2.44. The van der Waals surface area contributed by atoms with Crippen LogP contribution in [0.25, 0.3) is 0 Å². The number of carbonyl (C=O) groups is 2. The number of carboxylic acids is 1. The summed E-state index contributed by atoms with van der Waals surface area (Å²) in [5.74, 6) is -1.75. The van der Waals surface area contributed by atoms with E-state index in [1.165, 1.54) is 0 Å². The Labute approximate surface area is 115 Å². The average molecular weight is 277 g/mol. The lowest BCUT2D eigenvalue weighted by Crippen LogP contribution is -2.41. The molecule has 2 heterocycles. The molecule has 7 nitrogen and oxygen atoms in total. The molecule has 1 aromatic heterocycles. The van der Waals surface area contributed by atoms with Crippen LogP contribution in [0, 0.1) is 5.92 Å². The van der Waals surface area contributed by atoms with Crippen LogP contribution in [0.1, 0.15) is 36.8 Å². The highest BCUT2D eigenvalue weighted by Crippen LogP contribution is 2.27. The molecule has 106 valence electrons. The van der Waals surface area contributed by atoms with Gasteiger partial charge in [0, 0.05) is 0 Å². The molecule has 1 aliphatic rings. The molecule has 0 saturated carbocycles. The van der Waals surface area contributed by atoms with Crippen molar-refractivity contribution in [2.75, 3.05) is 0 Å². The van der Waals surface area contributed by atoms with Crippen molar-refractivity contribution in [3.8, 4) is 5.75 Å². The summed E-state index contributed by atoms with van der Waals surface area (Å²) in [7, 11) is 0. The summed E-state index contributed by atoms with van der Waals surface area (Å²) in [5.41, 5.74) is -1.13. The monoisotopic (exact) mass is 277 g/mol. The zero-order valence-corrected chi connectivity index (χ0v) is 11.3. The second-order valence-corrected chi connectivity index (χ2v) is 5.11. The number of nitrogens with one attached hydrogen (secondary N) is 1. The van der Waals surface area contributed by atoms with Gasteiger partial charge >= 0.3 is 5.97 Å². The molecule has 0 saturated heterocycles. The summed E-state index contributed by atoms with van der Waals surface area (Å²) in [6.45, 7) is 5.39. The molecule has 2 rings (SSSR count). The van der Waals surface area contributed by atoms with Crippen molar-refractivity contribution in [3.63, 3.8) is 0 Å². The van der Waals surface area contributed by atoms with E-state index in [0.29, 0.717) is 0 Å². The van der Waals surface area contributed by atoms with Crippen molar-refractivity contribution >= 4 is 17.7 Å². The van der Waals surface area contributed by atoms with Crippen molar-refractivity contribution in [1.82, 2.24) is 10.3 Å². The van der Waals surface area contributed by atoms with E-state index in [1.807, 2.05) is 13.8 Å². The topological polar surface area (TPSA) is 112 Å². The zero-order valence-electron chi connectivity index (χ0n) is 11.3. The first-order chi connectivity index (χ1) is 9.25. The second-order valence-electron chi connectivity index (χ2n) is 5.11. The first kappa shape index (κ1) is 14.0. The van der Waals surface area contributed by atoms with Crippen LogP contribution in [0.3, 0.4) is 0 Å². The van der Waals surface area contributed by atoms with Gasteiger partial charge < -0.3 is 15.5 Å². The zero-order chi connectivity index (χ0) is 15.1. The first-order valence-corrected chi connectivity index (χ1v) is 6.09. The van der Waals surface area contributed by atoms with Crippen LogP contribution in [-0.2, 0) is 4.79 Å². The minimum atomic E-state index is -1.25. The summed E-state index contributed by atoms with van der Waals surface area (Å²) in [5, 5.41) is 21.0. The lowest BCUT2D eigenvalue weighted by atomic mass is 9.89. The lowest BCUT2D eigenvalue weighted by molar-refractivity contribution is -0.124. The van der Waals surface area contributed by atoms with Crippen molar-refractivity contribution in [2.45, 2.75) is 26.3 Å². The predicted molar refractivity (Wildman–Crippen MR) is 70.8 cm³/mol. The molecule has 7 heteroatoms. The van der Waals surface area contributed by atoms with Gasteiger partial charge in [-0.25, -0.2) is 14.8 Å². The number of rotatable bonds is 3. The Balaban J connectivity index is 2.54. The number of carboxylic acid groups (broad SMARTS) is 1. The summed E-state index contributed by atoms with van der Waals surface area (Å²) < 4.78 is 0. The molecule has 0 spiro atoms. The molecule has 1 atom stereocenters. The van der Waals surface area contributed by atoms with Gasteiger partial charge in [-0.2, -0.15) is 0 Å². The van der Waals surface area contributed by atoms with Gasteiger partial charge in [0.25, 0.3) is 5.91 Å². The number of amides is 1. The number of aromatic hydroxyl groups is 1. The maximum absolute atomic E-state index is 12.0. The Morgan fingerprint density at radius 1 is 1.45 bits per heavy atom. The van der Waals surface area contributed by atoms with Crippen molar-refractivity contribution in [2.24, 2.45) is 10.9 Å². The Morgan fingerprint density at radius 2 is 2.10 bits per heavy atom. The normalized spacial score (nSPS) is 21.8. The van der Waals surface area contributed by atoms with E-state index >= 15 is 0 Å². The van der Waals surface area contributed by atoms with Crippen molar-refractivity contribution in [1.29, 1.82) is 0 Å². The molecule has 20 heavy (non-hydrogen) atoms. The highest BCUT2D eigenvalue weighted by molar-refractivity contribution is 6.17. The summed E-state index contributed by atoms with van der Waals surface area (Å²) in [4.78, 5) is 31.4. The van der Waals surface area contributed by atoms with E-state index in [4.69, 9.17) is 5.11 Å². The third kappa shape index (κ3) is 2.11. The fourth-order valence-corrected chi connectivity index (χ4v) is 1.85. The van der Waals surface area contributed by atoms with Gasteiger partial charge in [-0.15, -0.1) is 0 Å². The molecule has 3 N–H and O–H groups in total. The molecule has 0 fully saturated rings. The van der Waals surface area contributed by atoms with Gasteiger partial charge in [-0.3, -0.25) is 4.79 Å². The van der Waals surface area contributed by atoms with Gasteiger partial charge in [0.2, 0.25) is 0 Å². The molecular weight excluding hydrogens is 262 g/mol. The quantitative estimate of drug-likeness (QED) is 0.755. The maximum atomic E-state index is 12.0. The number of amidine groups is 1. The number of carbonyl (C=O) groups excluding carboxylic acids is 1. The molecule has 0 aliphatic carbocycles. The van der Waals surface area contributed by atoms with E-state index in [0.717, 1.165) is 12.3 Å². The number of nitrogens with zero attached hydrogens (tertiary/aromatic N) is 2. The smallest absolute Gasteiger partial charge is 0.338 e. The lowest BCUT2D eigenvalue weighted by Gasteiger charge is -2.21. The van der Waals surface area contributed by atoms with E-state index in [9.17, 15) is 14.7 Å². The predicted octanol–water partition coefficient (Wildman–Crippen LogP) is 0.776. The SMILES string of the molecule is CC(C)[C@@]1(C)N=C(c2ncc(O)cc2C(=O)O)NC1=O. The number of pyridine rings is 1. The first-order valence-electron chi connectivity index (χ1n) is 6.09. The molecule has 1 amide bonds. The van der Waals surface area contributed by atoms with Crippen LogP contribution in [0.4, 0.5) is 0 Å². The number of aromatic carboxylic acids is 1. The van der Waals surface area contributed by atoms with Crippen LogP contribution in [0.15, 0.2) is 17.3 Å². The highest BCUT2D eigenvalue weighted by Gasteiger charge is 2.43. The average Bonchev–Trinajstić information content (AvgIpc) is 2.66. The molecule has 0 aromatic carbocycles. The number of aromatic nitrogens is 1. The van der Waals surface area contributed by atoms with Crippen LogP contribution in [0.5, 0.6) is 5.75 Å². The molecular formula is C13H15N3O4. The van der Waals surface area contributed by atoms with E-state index < -0.39 is 11.5 Å². The fourth-order valence-electron chi connectivity index (χ4n) is 1.85. The third-order valence-corrected chi connectivity index (χ3v) is 3.49. The van der Waals surface area contributed by atoms with Crippen LogP contribution in [0.2, 0.25) is 0 Å². The summed E-state index contributed by atoms with van der Waals surface area (Å²) in [6, 6.07) is 1.07. The second kappa shape index (κ2) is 4.59. The van der Waals surface area contributed by atoms with Gasteiger partial charge in [0.05, 0.1) is 11.8 Å². The Kier molecular flexibility index (Phi) is 3.21. The van der Waals surface area contributed by atoms with Crippen molar-refractivity contribution < 1.29 is 19.8 Å². The molecule has 1 aliphatic heterocycles. The molecule has 0 radical (unpaired) electrons. The van der Waals surface area contributed by atoms with Crippen molar-refractivity contribution in [3.05, 3.63) is 23.5 Å². The van der Waals surface area contributed by atoms with Gasteiger partial charge in [0.15, 0.2) is 5.84 Å². The van der Waals surface area contributed by atoms with Gasteiger partial charge in [0.1, 0.15) is 17.0 Å². The number of hydrogen-bond acceptors (Lipinski definition) is 5. The third-order valence-electron chi connectivity index (χ3n) is 3.49. The van der Waals surface area contributed by atoms with E-state index in [-0.39, 0.29) is 34.7 Å². The molecule has 0 unspecified atom stereocenters.